The molecule has 5 heterocycles. The number of nitrogens with zero attached hydrogens (tertiary/aromatic N) is 2. The van der Waals surface area contributed by atoms with Gasteiger partial charge in [0.25, 0.3) is 5.91 Å². The molecular formula is C34H34F3N5O6. The third kappa shape index (κ3) is 4.75. The first-order valence-electron chi connectivity index (χ1n) is 15.8. The highest BCUT2D eigenvalue weighted by Gasteiger charge is 2.61. The number of oxazole rings is 2. The van der Waals surface area contributed by atoms with Crippen molar-refractivity contribution >= 4 is 17.5 Å². The van der Waals surface area contributed by atoms with Gasteiger partial charge >= 0.3 is 6.18 Å². The number of para-hydroxylation sites is 1. The minimum Gasteiger partial charge on any atom is -0.469 e. The lowest BCUT2D eigenvalue weighted by atomic mass is 9.72. The van der Waals surface area contributed by atoms with E-state index in [1.165, 1.54) is 0 Å². The molecule has 0 saturated carbocycles. The molecule has 14 heteroatoms. The maximum atomic E-state index is 14.0. The number of anilines is 1. The summed E-state index contributed by atoms with van der Waals surface area (Å²) in [6, 6.07) is 10.8. The lowest BCUT2D eigenvalue weighted by Crippen LogP contribution is -2.55. The van der Waals surface area contributed by atoms with Crippen molar-refractivity contribution in [3.63, 3.8) is 0 Å². The van der Waals surface area contributed by atoms with E-state index in [1.807, 2.05) is 44.2 Å². The van der Waals surface area contributed by atoms with Crippen LogP contribution in [0.2, 0.25) is 0 Å². The van der Waals surface area contributed by atoms with Crippen molar-refractivity contribution in [2.24, 2.45) is 5.92 Å². The highest BCUT2D eigenvalue weighted by atomic mass is 19.4. The predicted octanol–water partition coefficient (Wildman–Crippen LogP) is 5.23. The smallest absolute Gasteiger partial charge is 0.451 e. The van der Waals surface area contributed by atoms with Crippen molar-refractivity contribution in [1.82, 2.24) is 20.6 Å². The van der Waals surface area contributed by atoms with E-state index >= 15 is 0 Å². The Kier molecular flexibility index (Phi) is 7.35. The van der Waals surface area contributed by atoms with Gasteiger partial charge in [-0.25, -0.2) is 9.97 Å². The lowest BCUT2D eigenvalue weighted by molar-refractivity contribution is -0.152. The number of rotatable bonds is 6. The van der Waals surface area contributed by atoms with E-state index in [1.54, 1.807) is 26.0 Å². The van der Waals surface area contributed by atoms with Gasteiger partial charge < -0.3 is 34.6 Å². The van der Waals surface area contributed by atoms with Crippen LogP contribution in [0.5, 0.6) is 5.75 Å². The monoisotopic (exact) mass is 665 g/mol. The first-order valence-corrected chi connectivity index (χ1v) is 15.8. The van der Waals surface area contributed by atoms with Crippen LogP contribution in [-0.4, -0.2) is 44.8 Å². The summed E-state index contributed by atoms with van der Waals surface area (Å²) in [6.07, 6.45) is -4.66. The molecule has 4 bridgehead atoms. The van der Waals surface area contributed by atoms with Crippen molar-refractivity contribution < 1.29 is 41.4 Å². The van der Waals surface area contributed by atoms with Crippen molar-refractivity contribution in [2.45, 2.75) is 82.5 Å². The van der Waals surface area contributed by atoms with Gasteiger partial charge in [0, 0.05) is 17.7 Å². The molecule has 3 aliphatic rings. The highest BCUT2D eigenvalue weighted by molar-refractivity contribution is 5.91. The Bertz CT molecular complexity index is 1910. The van der Waals surface area contributed by atoms with E-state index in [0.717, 1.165) is 11.3 Å². The zero-order chi connectivity index (χ0) is 34.2. The molecular weight excluding hydrogens is 631 g/mol. The minimum absolute atomic E-state index is 0.00138. The third-order valence-corrected chi connectivity index (χ3v) is 9.62. The number of amides is 2. The molecule has 11 nitrogen and oxygen atoms in total. The third-order valence-electron chi connectivity index (χ3n) is 9.62. The van der Waals surface area contributed by atoms with Crippen molar-refractivity contribution in [1.29, 1.82) is 0 Å². The Hall–Kier alpha value is -4.85. The van der Waals surface area contributed by atoms with Crippen molar-refractivity contribution in [3.05, 3.63) is 82.8 Å². The second-order valence-electron chi connectivity index (χ2n) is 12.8. The number of halogens is 3. The number of fused-ring (bicyclic) bond motifs is 4. The summed E-state index contributed by atoms with van der Waals surface area (Å²) in [5.74, 6) is -2.68. The molecule has 0 fully saturated rings. The van der Waals surface area contributed by atoms with Gasteiger partial charge in [0.15, 0.2) is 17.7 Å². The molecule has 0 saturated heterocycles. The molecule has 4 N–H and O–H groups in total. The number of hydrogen-bond acceptors (Lipinski definition) is 9. The molecule has 2 amide bonds. The van der Waals surface area contributed by atoms with Crippen LogP contribution in [0.25, 0.3) is 11.6 Å². The van der Waals surface area contributed by atoms with E-state index in [-0.39, 0.29) is 42.5 Å². The molecule has 4 atom stereocenters. The van der Waals surface area contributed by atoms with E-state index < -0.39 is 59.0 Å². The number of nitrogens with one attached hydrogen (secondary N) is 3. The zero-order valence-corrected chi connectivity index (χ0v) is 26.6. The second kappa shape index (κ2) is 11.1. The number of hydrogen-bond donors (Lipinski definition) is 4. The number of benzene rings is 2. The first-order chi connectivity index (χ1) is 22.8. The SMILES string of the molecule is CCC(O)(CC)C(=O)NC1Cc2ccc3c(c2)C2(c4ccccc4NC2O3)c2oc(nc2-c2ncc(C(F)(F)F)o2)[C@H](C(C)C)NC1=O. The zero-order valence-electron chi connectivity index (χ0n) is 26.6. The van der Waals surface area contributed by atoms with Gasteiger partial charge in [0.2, 0.25) is 23.4 Å². The molecule has 48 heavy (non-hydrogen) atoms. The van der Waals surface area contributed by atoms with Gasteiger partial charge in [-0.15, -0.1) is 0 Å². The number of ether oxygens (including phenoxy) is 1. The summed E-state index contributed by atoms with van der Waals surface area (Å²) in [5, 5.41) is 20.0. The van der Waals surface area contributed by atoms with E-state index in [4.69, 9.17) is 13.6 Å². The summed E-state index contributed by atoms with van der Waals surface area (Å²) in [5.41, 5.74) is -0.330. The first kappa shape index (κ1) is 31.7. The van der Waals surface area contributed by atoms with Gasteiger partial charge in [-0.2, -0.15) is 13.2 Å². The average molecular weight is 666 g/mol. The standard InChI is InChI=1S/C34H34F3N5O6/c1-5-32(45,6-2)30(44)39-21-14-17-11-12-22-19(13-17)33(18-9-7-8-10-20(18)40-31(33)46-22)26-25(28-38-15-23(47-28)34(35,36)37)42-29(48-26)24(16(3)4)41-27(21)43/h7-13,15-16,21,24,31,40,45H,5-6,14H2,1-4H3,(H,39,44)(H,41,43)/t21?,24-,31?,33?/m0/s1. The summed E-state index contributed by atoms with van der Waals surface area (Å²) in [6.45, 7) is 7.01. The fourth-order valence-electron chi connectivity index (χ4n) is 6.83. The van der Waals surface area contributed by atoms with Crippen LogP contribution >= 0.6 is 0 Å². The van der Waals surface area contributed by atoms with Crippen LogP contribution in [0.4, 0.5) is 18.9 Å². The summed E-state index contributed by atoms with van der Waals surface area (Å²) in [7, 11) is 0. The molecule has 0 radical (unpaired) electrons. The summed E-state index contributed by atoms with van der Waals surface area (Å²) >= 11 is 0. The topological polar surface area (TPSA) is 152 Å². The van der Waals surface area contributed by atoms with Crippen LogP contribution in [0.3, 0.4) is 0 Å². The Morgan fingerprint density at radius 2 is 1.85 bits per heavy atom. The number of aliphatic hydroxyl groups is 1. The molecule has 7 rings (SSSR count). The molecule has 3 unspecified atom stereocenters. The molecule has 2 aromatic carbocycles. The van der Waals surface area contributed by atoms with Crippen molar-refractivity contribution in [2.75, 3.05) is 5.32 Å². The molecule has 2 aromatic heterocycles. The molecule has 1 spiro atoms. The van der Waals surface area contributed by atoms with Crippen molar-refractivity contribution in [3.8, 4) is 17.3 Å². The fourth-order valence-corrected chi connectivity index (χ4v) is 6.83. The minimum atomic E-state index is -4.80. The van der Waals surface area contributed by atoms with Gasteiger partial charge in [-0.1, -0.05) is 58.0 Å². The lowest BCUT2D eigenvalue weighted by Gasteiger charge is -2.30. The van der Waals surface area contributed by atoms with E-state index in [9.17, 15) is 27.9 Å². The molecule has 4 aromatic rings. The quantitative estimate of drug-likeness (QED) is 0.217. The predicted molar refractivity (Wildman–Crippen MR) is 165 cm³/mol. The highest BCUT2D eigenvalue weighted by Crippen LogP contribution is 2.59. The normalized spacial score (nSPS) is 22.9. The van der Waals surface area contributed by atoms with Gasteiger partial charge in [0.1, 0.15) is 28.8 Å². The Labute approximate surface area is 273 Å². The Morgan fingerprint density at radius 3 is 2.54 bits per heavy atom. The van der Waals surface area contributed by atoms with Gasteiger partial charge in [-0.05, 0) is 42.0 Å². The number of alkyl halides is 3. The maximum absolute atomic E-state index is 14.0. The largest absolute Gasteiger partial charge is 0.469 e. The van der Waals surface area contributed by atoms with Gasteiger partial charge in [-0.3, -0.25) is 9.59 Å². The molecule has 252 valence electrons. The average Bonchev–Trinajstić information content (AvgIpc) is 3.83. The molecule has 0 aliphatic carbocycles. The Balaban J connectivity index is 1.48. The summed E-state index contributed by atoms with van der Waals surface area (Å²) < 4.78 is 59.4. The van der Waals surface area contributed by atoms with Gasteiger partial charge in [0.05, 0.1) is 6.20 Å². The van der Waals surface area contributed by atoms with E-state index in [2.05, 4.69) is 25.9 Å². The van der Waals surface area contributed by atoms with Crippen LogP contribution in [-0.2, 0) is 27.6 Å². The van der Waals surface area contributed by atoms with Crippen LogP contribution in [0.1, 0.15) is 80.7 Å². The number of carbonyl (C=O) groups excluding carboxylic acids is 2. The number of carbonyl (C=O) groups is 2. The second-order valence-corrected chi connectivity index (χ2v) is 12.8. The van der Waals surface area contributed by atoms with Crippen LogP contribution < -0.4 is 20.7 Å². The van der Waals surface area contributed by atoms with E-state index in [0.29, 0.717) is 23.1 Å². The maximum Gasteiger partial charge on any atom is 0.451 e. The fraction of sp³-hybridized carbons (Fsp3) is 0.412. The van der Waals surface area contributed by atoms with Crippen LogP contribution in [0, 0.1) is 5.92 Å². The molecule has 3 aliphatic heterocycles. The summed E-state index contributed by atoms with van der Waals surface area (Å²) in [4.78, 5) is 36.0. The number of aromatic nitrogens is 2. The Morgan fingerprint density at radius 1 is 1.10 bits per heavy atom. The van der Waals surface area contributed by atoms with Crippen LogP contribution in [0.15, 0.2) is 57.5 Å².